The van der Waals surface area contributed by atoms with Gasteiger partial charge in [-0.15, -0.1) is 0 Å². The number of hydrogen-bond acceptors (Lipinski definition) is 3. The van der Waals surface area contributed by atoms with Crippen LogP contribution in [0, 0.1) is 0 Å². The van der Waals surface area contributed by atoms with Crippen molar-refractivity contribution in [3.63, 3.8) is 0 Å². The van der Waals surface area contributed by atoms with E-state index in [0.717, 1.165) is 11.3 Å². The molecule has 104 valence electrons. The highest BCUT2D eigenvalue weighted by atomic mass is 28.2. The second kappa shape index (κ2) is 7.60. The Bertz CT molecular complexity index is 555. The topological polar surface area (TPSA) is 34.0 Å². The number of para-hydroxylation sites is 1. The SMILES string of the molecule is CC(C)Oc1ccccc1CN=N[SiH2]c1ccccc1. The number of nitrogens with zero attached hydrogens (tertiary/aromatic N) is 2. The van der Waals surface area contributed by atoms with Crippen molar-refractivity contribution in [2.24, 2.45) is 9.89 Å². The van der Waals surface area contributed by atoms with Crippen molar-refractivity contribution >= 4 is 14.9 Å². The van der Waals surface area contributed by atoms with Crippen molar-refractivity contribution in [1.82, 2.24) is 0 Å². The van der Waals surface area contributed by atoms with Gasteiger partial charge >= 0.3 is 0 Å². The minimum Gasteiger partial charge on any atom is -0.491 e. The highest BCUT2D eigenvalue weighted by Crippen LogP contribution is 2.20. The van der Waals surface area contributed by atoms with Gasteiger partial charge < -0.3 is 4.74 Å². The first-order chi connectivity index (χ1) is 9.75. The smallest absolute Gasteiger partial charge is 0.209 e. The van der Waals surface area contributed by atoms with Gasteiger partial charge in [-0.2, -0.15) is 5.11 Å². The fourth-order valence-electron chi connectivity index (χ4n) is 1.84. The van der Waals surface area contributed by atoms with Crippen LogP contribution in [0.4, 0.5) is 0 Å². The Morgan fingerprint density at radius 3 is 2.45 bits per heavy atom. The summed E-state index contributed by atoms with van der Waals surface area (Å²) in [6.07, 6.45) is 0.173. The molecule has 0 heterocycles. The maximum Gasteiger partial charge on any atom is 0.209 e. The maximum atomic E-state index is 5.77. The first-order valence-electron chi connectivity index (χ1n) is 6.87. The van der Waals surface area contributed by atoms with Gasteiger partial charge in [0, 0.05) is 5.56 Å². The molecule has 2 rings (SSSR count). The molecule has 0 unspecified atom stereocenters. The van der Waals surface area contributed by atoms with Crippen LogP contribution in [-0.2, 0) is 6.54 Å². The standard InChI is InChI=1S/C16H20N2OSi/c1-13(2)19-16-11-7-6-8-14(16)12-17-18-20-15-9-4-3-5-10-15/h3-11,13H,12,20H2,1-2H3. The second-order valence-electron chi connectivity index (χ2n) is 4.86. The van der Waals surface area contributed by atoms with E-state index < -0.39 is 9.68 Å². The lowest BCUT2D eigenvalue weighted by Crippen LogP contribution is -2.10. The molecular formula is C16H20N2OSi. The normalized spacial score (nSPS) is 11.8. The Hall–Kier alpha value is -1.94. The molecule has 0 aliphatic carbocycles. The fourth-order valence-corrected chi connectivity index (χ4v) is 2.69. The average molecular weight is 284 g/mol. The average Bonchev–Trinajstić information content (AvgIpc) is 2.46. The third-order valence-corrected chi connectivity index (χ3v) is 3.95. The molecule has 0 N–H and O–H groups in total. The summed E-state index contributed by atoms with van der Waals surface area (Å²) in [5.74, 6) is 0.905. The number of rotatable bonds is 6. The second-order valence-corrected chi connectivity index (χ2v) is 6.27. The molecule has 0 aliphatic heterocycles. The number of hydrogen-bond donors (Lipinski definition) is 0. The van der Waals surface area contributed by atoms with Gasteiger partial charge in [-0.25, -0.2) is 4.78 Å². The lowest BCUT2D eigenvalue weighted by molar-refractivity contribution is 0.240. The Morgan fingerprint density at radius 1 is 1.00 bits per heavy atom. The fraction of sp³-hybridized carbons (Fsp3) is 0.250. The largest absolute Gasteiger partial charge is 0.491 e. The van der Waals surface area contributed by atoms with Gasteiger partial charge in [-0.05, 0) is 25.1 Å². The molecule has 0 aromatic heterocycles. The highest BCUT2D eigenvalue weighted by Gasteiger charge is 2.03. The van der Waals surface area contributed by atoms with Crippen molar-refractivity contribution in [3.05, 3.63) is 60.2 Å². The van der Waals surface area contributed by atoms with Crippen molar-refractivity contribution in [3.8, 4) is 5.75 Å². The van der Waals surface area contributed by atoms with E-state index in [1.807, 2.05) is 56.3 Å². The minimum atomic E-state index is -0.644. The predicted molar refractivity (Wildman–Crippen MR) is 85.4 cm³/mol. The Kier molecular flexibility index (Phi) is 5.50. The molecular weight excluding hydrogens is 264 g/mol. The Labute approximate surface area is 122 Å². The number of benzene rings is 2. The third kappa shape index (κ3) is 4.62. The molecule has 3 nitrogen and oxygen atoms in total. The summed E-state index contributed by atoms with van der Waals surface area (Å²) in [5, 5.41) is 5.62. The molecule has 0 aliphatic rings. The molecule has 0 fully saturated rings. The van der Waals surface area contributed by atoms with Crippen LogP contribution in [0.3, 0.4) is 0 Å². The van der Waals surface area contributed by atoms with Gasteiger partial charge in [0.15, 0.2) is 0 Å². The van der Waals surface area contributed by atoms with E-state index in [2.05, 4.69) is 22.0 Å². The molecule has 2 aromatic carbocycles. The first kappa shape index (κ1) is 14.5. The zero-order valence-corrected chi connectivity index (χ0v) is 13.4. The van der Waals surface area contributed by atoms with Crippen LogP contribution in [-0.4, -0.2) is 15.8 Å². The van der Waals surface area contributed by atoms with E-state index >= 15 is 0 Å². The molecule has 0 bridgehead atoms. The van der Waals surface area contributed by atoms with E-state index in [1.54, 1.807) is 0 Å². The predicted octanol–water partition coefficient (Wildman–Crippen LogP) is 2.84. The summed E-state index contributed by atoms with van der Waals surface area (Å²) in [6.45, 7) is 4.64. The molecule has 0 spiro atoms. The van der Waals surface area contributed by atoms with E-state index in [4.69, 9.17) is 4.74 Å². The maximum absolute atomic E-state index is 5.77. The van der Waals surface area contributed by atoms with Crippen molar-refractivity contribution in [2.45, 2.75) is 26.5 Å². The van der Waals surface area contributed by atoms with E-state index in [0.29, 0.717) is 6.54 Å². The molecule has 20 heavy (non-hydrogen) atoms. The molecule has 0 saturated carbocycles. The molecule has 0 saturated heterocycles. The van der Waals surface area contributed by atoms with E-state index in [-0.39, 0.29) is 6.10 Å². The van der Waals surface area contributed by atoms with Crippen LogP contribution in [0.5, 0.6) is 5.75 Å². The van der Waals surface area contributed by atoms with Crippen LogP contribution in [0.1, 0.15) is 19.4 Å². The molecule has 2 aromatic rings. The number of ether oxygens (including phenoxy) is 1. The van der Waals surface area contributed by atoms with Gasteiger partial charge in [0.25, 0.3) is 0 Å². The molecule has 0 amide bonds. The molecule has 0 atom stereocenters. The van der Waals surface area contributed by atoms with E-state index in [1.165, 1.54) is 5.19 Å². The Balaban J connectivity index is 1.93. The summed E-state index contributed by atoms with van der Waals surface area (Å²) < 4.78 is 10.1. The summed E-state index contributed by atoms with van der Waals surface area (Å²) in [6, 6.07) is 18.4. The van der Waals surface area contributed by atoms with E-state index in [9.17, 15) is 0 Å². The van der Waals surface area contributed by atoms with Crippen LogP contribution in [0.2, 0.25) is 0 Å². The summed E-state index contributed by atoms with van der Waals surface area (Å²) in [7, 11) is -0.644. The lowest BCUT2D eigenvalue weighted by Gasteiger charge is -2.12. The lowest BCUT2D eigenvalue weighted by atomic mass is 10.2. The summed E-state index contributed by atoms with van der Waals surface area (Å²) in [4.78, 5) is 0. The molecule has 4 heteroatoms. The first-order valence-corrected chi connectivity index (χ1v) is 8.21. The van der Waals surface area contributed by atoms with Crippen molar-refractivity contribution < 1.29 is 4.74 Å². The monoisotopic (exact) mass is 284 g/mol. The van der Waals surface area contributed by atoms with Crippen LogP contribution in [0.15, 0.2) is 64.5 Å². The summed E-state index contributed by atoms with van der Waals surface area (Å²) in [5.41, 5.74) is 1.09. The van der Waals surface area contributed by atoms with Crippen LogP contribution in [0.25, 0.3) is 0 Å². The zero-order valence-electron chi connectivity index (χ0n) is 12.0. The van der Waals surface area contributed by atoms with Gasteiger partial charge in [0.05, 0.1) is 12.6 Å². The van der Waals surface area contributed by atoms with Crippen LogP contribution < -0.4 is 9.92 Å². The van der Waals surface area contributed by atoms with Crippen LogP contribution >= 0.6 is 0 Å². The third-order valence-electron chi connectivity index (χ3n) is 2.77. The highest BCUT2D eigenvalue weighted by molar-refractivity contribution is 6.51. The Morgan fingerprint density at radius 2 is 1.70 bits per heavy atom. The van der Waals surface area contributed by atoms with Crippen molar-refractivity contribution in [2.75, 3.05) is 0 Å². The molecule has 0 radical (unpaired) electrons. The minimum absolute atomic E-state index is 0.173. The van der Waals surface area contributed by atoms with Crippen molar-refractivity contribution in [1.29, 1.82) is 0 Å². The van der Waals surface area contributed by atoms with Gasteiger partial charge in [-0.3, -0.25) is 0 Å². The quantitative estimate of drug-likeness (QED) is 0.593. The van der Waals surface area contributed by atoms with Gasteiger partial charge in [0.2, 0.25) is 9.68 Å². The van der Waals surface area contributed by atoms with Gasteiger partial charge in [0.1, 0.15) is 5.75 Å². The zero-order chi connectivity index (χ0) is 14.2. The van der Waals surface area contributed by atoms with Gasteiger partial charge in [-0.1, -0.05) is 48.5 Å². The summed E-state index contributed by atoms with van der Waals surface area (Å²) >= 11 is 0.